The molecule has 2 rings (SSSR count). The number of rotatable bonds is 2. The van der Waals surface area contributed by atoms with Crippen molar-refractivity contribution in [3.8, 4) is 0 Å². The van der Waals surface area contributed by atoms with Gasteiger partial charge in [0.1, 0.15) is 0 Å². The largest absolute Gasteiger partial charge is 0.336 e. The van der Waals surface area contributed by atoms with Crippen molar-refractivity contribution in [3.05, 3.63) is 0 Å². The van der Waals surface area contributed by atoms with Crippen LogP contribution >= 0.6 is 11.8 Å². The molecular weight excluding hydrogens is 232 g/mol. The van der Waals surface area contributed by atoms with Gasteiger partial charge in [0.05, 0.1) is 5.54 Å². The molecule has 0 aromatic carbocycles. The van der Waals surface area contributed by atoms with Crippen LogP contribution in [0.15, 0.2) is 0 Å². The zero-order valence-corrected chi connectivity index (χ0v) is 12.0. The molecule has 2 saturated heterocycles. The summed E-state index contributed by atoms with van der Waals surface area (Å²) < 4.78 is 0. The molecule has 3 nitrogen and oxygen atoms in total. The first-order valence-corrected chi connectivity index (χ1v) is 7.83. The van der Waals surface area contributed by atoms with Crippen molar-refractivity contribution >= 4 is 17.7 Å². The summed E-state index contributed by atoms with van der Waals surface area (Å²) in [4.78, 5) is 14.9. The van der Waals surface area contributed by atoms with Crippen molar-refractivity contribution in [2.45, 2.75) is 56.9 Å². The van der Waals surface area contributed by atoms with E-state index in [2.05, 4.69) is 31.0 Å². The quantitative estimate of drug-likeness (QED) is 0.818. The van der Waals surface area contributed by atoms with Crippen molar-refractivity contribution in [1.82, 2.24) is 10.2 Å². The number of carbonyl (C=O) groups excluding carboxylic acids is 1. The predicted octanol–water partition coefficient (Wildman–Crippen LogP) is 1.87. The topological polar surface area (TPSA) is 32.3 Å². The molecule has 0 bridgehead atoms. The summed E-state index contributed by atoms with van der Waals surface area (Å²) in [5.74, 6) is 1.42. The third-order valence-corrected chi connectivity index (χ3v) is 5.74. The van der Waals surface area contributed by atoms with Gasteiger partial charge >= 0.3 is 0 Å². The lowest BCUT2D eigenvalue weighted by Crippen LogP contribution is -2.59. The highest BCUT2D eigenvalue weighted by Crippen LogP contribution is 2.30. The van der Waals surface area contributed by atoms with Crippen LogP contribution < -0.4 is 5.32 Å². The van der Waals surface area contributed by atoms with Crippen LogP contribution in [-0.4, -0.2) is 46.5 Å². The summed E-state index contributed by atoms with van der Waals surface area (Å²) in [6, 6.07) is 0.368. The van der Waals surface area contributed by atoms with E-state index in [1.807, 2.05) is 11.8 Å². The zero-order valence-electron chi connectivity index (χ0n) is 11.2. The molecule has 0 radical (unpaired) electrons. The Morgan fingerprint density at radius 1 is 1.53 bits per heavy atom. The Bertz CT molecular complexity index is 289. The minimum absolute atomic E-state index is 0.254. The van der Waals surface area contributed by atoms with Gasteiger partial charge in [0.25, 0.3) is 0 Å². The number of hydrogen-bond acceptors (Lipinski definition) is 3. The van der Waals surface area contributed by atoms with Gasteiger partial charge in [-0.1, -0.05) is 13.8 Å². The van der Waals surface area contributed by atoms with Crippen LogP contribution in [0.2, 0.25) is 0 Å². The minimum atomic E-state index is -0.254. The Morgan fingerprint density at radius 2 is 2.29 bits per heavy atom. The fourth-order valence-electron chi connectivity index (χ4n) is 2.94. The lowest BCUT2D eigenvalue weighted by atomic mass is 9.91. The first-order valence-electron chi connectivity index (χ1n) is 6.78. The van der Waals surface area contributed by atoms with Gasteiger partial charge in [-0.05, 0) is 32.7 Å². The number of carbonyl (C=O) groups is 1. The maximum Gasteiger partial charge on any atom is 0.243 e. The molecule has 0 aromatic rings. The van der Waals surface area contributed by atoms with Crippen LogP contribution in [0.4, 0.5) is 0 Å². The van der Waals surface area contributed by atoms with Gasteiger partial charge in [-0.25, -0.2) is 0 Å². The van der Waals surface area contributed by atoms with Crippen LogP contribution in [0.1, 0.15) is 40.0 Å². The Hall–Kier alpha value is -0.220. The molecule has 0 aliphatic carbocycles. The summed E-state index contributed by atoms with van der Waals surface area (Å²) in [6.07, 6.45) is 3.05. The van der Waals surface area contributed by atoms with Gasteiger partial charge in [0.15, 0.2) is 0 Å². The average Bonchev–Trinajstić information content (AvgIpc) is 2.82. The van der Waals surface area contributed by atoms with E-state index in [4.69, 9.17) is 0 Å². The fourth-order valence-corrected chi connectivity index (χ4v) is 4.04. The minimum Gasteiger partial charge on any atom is -0.336 e. The Kier molecular flexibility index (Phi) is 4.03. The number of thioether (sulfide) groups is 1. The highest BCUT2D eigenvalue weighted by atomic mass is 32.2. The second-order valence-corrected chi connectivity index (χ2v) is 6.77. The molecule has 0 aromatic heterocycles. The first-order chi connectivity index (χ1) is 8.10. The Morgan fingerprint density at radius 3 is 2.88 bits per heavy atom. The third-order valence-electron chi connectivity index (χ3n) is 4.40. The van der Waals surface area contributed by atoms with Crippen LogP contribution in [-0.2, 0) is 4.79 Å². The molecule has 98 valence electrons. The van der Waals surface area contributed by atoms with E-state index < -0.39 is 0 Å². The van der Waals surface area contributed by atoms with Crippen LogP contribution in [0, 0.1) is 0 Å². The van der Waals surface area contributed by atoms with E-state index in [1.54, 1.807) is 0 Å². The predicted molar refractivity (Wildman–Crippen MR) is 73.4 cm³/mol. The van der Waals surface area contributed by atoms with Gasteiger partial charge in [-0.2, -0.15) is 11.8 Å². The Labute approximate surface area is 109 Å². The van der Waals surface area contributed by atoms with Gasteiger partial charge in [0.2, 0.25) is 5.91 Å². The summed E-state index contributed by atoms with van der Waals surface area (Å²) >= 11 is 1.98. The molecule has 1 N–H and O–H groups in total. The van der Waals surface area contributed by atoms with E-state index in [1.165, 1.54) is 0 Å². The number of hydrogen-bond donors (Lipinski definition) is 1. The lowest BCUT2D eigenvalue weighted by Gasteiger charge is -2.42. The summed E-state index contributed by atoms with van der Waals surface area (Å²) in [5, 5.41) is 4.01. The van der Waals surface area contributed by atoms with Crippen molar-refractivity contribution in [3.63, 3.8) is 0 Å². The second kappa shape index (κ2) is 5.19. The van der Waals surface area contributed by atoms with Gasteiger partial charge in [-0.3, -0.25) is 4.79 Å². The summed E-state index contributed by atoms with van der Waals surface area (Å²) in [7, 11) is 0. The Balaban J connectivity index is 2.12. The third kappa shape index (κ3) is 2.34. The van der Waals surface area contributed by atoms with Crippen molar-refractivity contribution < 1.29 is 4.79 Å². The smallest absolute Gasteiger partial charge is 0.243 e. The zero-order chi connectivity index (χ0) is 12.5. The number of amides is 1. The lowest BCUT2D eigenvalue weighted by molar-refractivity contribution is -0.140. The molecule has 0 spiro atoms. The molecule has 1 amide bonds. The summed E-state index contributed by atoms with van der Waals surface area (Å²) in [5.41, 5.74) is -0.254. The normalized spacial score (nSPS) is 38.4. The van der Waals surface area contributed by atoms with Crippen molar-refractivity contribution in [2.75, 3.05) is 18.8 Å². The molecule has 2 aliphatic heterocycles. The molecule has 3 atom stereocenters. The highest BCUT2D eigenvalue weighted by Gasteiger charge is 2.44. The van der Waals surface area contributed by atoms with Gasteiger partial charge in [-0.15, -0.1) is 0 Å². The molecule has 2 aliphatic rings. The van der Waals surface area contributed by atoms with Crippen molar-refractivity contribution in [2.24, 2.45) is 0 Å². The van der Waals surface area contributed by atoms with E-state index in [-0.39, 0.29) is 5.54 Å². The standard InChI is InChI=1S/C13H24N2OS/c1-4-13(6-5-7-14-13)12(16)15-8-9-17-11(3)10(15)2/h10-11,14H,4-9H2,1-3H3. The SMILES string of the molecule is CCC1(C(=O)N2CCSC(C)C2C)CCCN1. The molecule has 3 unspecified atom stereocenters. The molecule has 2 fully saturated rings. The molecule has 4 heteroatoms. The van der Waals surface area contributed by atoms with E-state index in [0.29, 0.717) is 17.2 Å². The molecular formula is C13H24N2OS. The molecule has 0 saturated carbocycles. The van der Waals surface area contributed by atoms with E-state index in [9.17, 15) is 4.79 Å². The van der Waals surface area contributed by atoms with E-state index >= 15 is 0 Å². The van der Waals surface area contributed by atoms with E-state index in [0.717, 1.165) is 38.1 Å². The van der Waals surface area contributed by atoms with Crippen LogP contribution in [0.5, 0.6) is 0 Å². The summed E-state index contributed by atoms with van der Waals surface area (Å²) in [6.45, 7) is 8.45. The van der Waals surface area contributed by atoms with Gasteiger partial charge < -0.3 is 10.2 Å². The second-order valence-electron chi connectivity index (χ2n) is 5.28. The highest BCUT2D eigenvalue weighted by molar-refractivity contribution is 8.00. The van der Waals surface area contributed by atoms with Crippen LogP contribution in [0.3, 0.4) is 0 Å². The monoisotopic (exact) mass is 256 g/mol. The maximum atomic E-state index is 12.8. The van der Waals surface area contributed by atoms with Crippen molar-refractivity contribution in [1.29, 1.82) is 0 Å². The maximum absolute atomic E-state index is 12.8. The molecule has 2 heterocycles. The number of nitrogens with one attached hydrogen (secondary N) is 1. The van der Waals surface area contributed by atoms with Crippen LogP contribution in [0.25, 0.3) is 0 Å². The number of nitrogens with zero attached hydrogens (tertiary/aromatic N) is 1. The molecule has 17 heavy (non-hydrogen) atoms. The fraction of sp³-hybridized carbons (Fsp3) is 0.923. The average molecular weight is 256 g/mol. The van der Waals surface area contributed by atoms with Gasteiger partial charge in [0, 0.05) is 23.6 Å². The first kappa shape index (κ1) is 13.2.